The summed E-state index contributed by atoms with van der Waals surface area (Å²) < 4.78 is 1.53. The van der Waals surface area contributed by atoms with E-state index >= 15 is 0 Å². The fraction of sp³-hybridized carbons (Fsp3) is 0.438. The number of aromatic nitrogens is 3. The van der Waals surface area contributed by atoms with E-state index in [1.807, 2.05) is 44.3 Å². The number of hydrogen-bond acceptors (Lipinski definition) is 5. The van der Waals surface area contributed by atoms with E-state index in [1.165, 1.54) is 16.4 Å². The lowest BCUT2D eigenvalue weighted by atomic mass is 10.2. The molecule has 1 aromatic carbocycles. The molecule has 0 aliphatic heterocycles. The molecule has 0 radical (unpaired) electrons. The van der Waals surface area contributed by atoms with Gasteiger partial charge in [-0.05, 0) is 25.3 Å². The van der Waals surface area contributed by atoms with Crippen molar-refractivity contribution in [1.82, 2.24) is 19.8 Å². The van der Waals surface area contributed by atoms with Gasteiger partial charge in [-0.1, -0.05) is 42.1 Å². The Balaban J connectivity index is 1.60. The highest BCUT2D eigenvalue weighted by atomic mass is 32.2. The molecule has 1 amide bonds. The molecule has 1 fully saturated rings. The Morgan fingerprint density at radius 3 is 2.74 bits per heavy atom. The van der Waals surface area contributed by atoms with Crippen LogP contribution in [-0.4, -0.2) is 38.0 Å². The zero-order valence-corrected chi connectivity index (χ0v) is 14.2. The Kier molecular flexibility index (Phi) is 4.56. The standard InChI is InChI=1S/C16H21N5OS/c1-11(15(22)20(2)10-12-6-4-3-5-7-12)23-16-19-18-14(21(16)17)13-8-9-13/h3-7,11,13H,8-10,17H2,1-2H3/t11-/m0/s1. The van der Waals surface area contributed by atoms with E-state index in [-0.39, 0.29) is 11.2 Å². The highest BCUT2D eigenvalue weighted by Gasteiger charge is 2.31. The predicted molar refractivity (Wildman–Crippen MR) is 90.4 cm³/mol. The van der Waals surface area contributed by atoms with Gasteiger partial charge in [-0.15, -0.1) is 10.2 Å². The maximum Gasteiger partial charge on any atom is 0.235 e. The van der Waals surface area contributed by atoms with Crippen molar-refractivity contribution in [2.45, 2.75) is 42.6 Å². The highest BCUT2D eigenvalue weighted by molar-refractivity contribution is 8.00. The molecule has 0 bridgehead atoms. The average molecular weight is 331 g/mol. The number of benzene rings is 1. The molecule has 2 aromatic rings. The summed E-state index contributed by atoms with van der Waals surface area (Å²) in [6.07, 6.45) is 2.24. The van der Waals surface area contributed by atoms with E-state index in [1.54, 1.807) is 4.90 Å². The summed E-state index contributed by atoms with van der Waals surface area (Å²) in [7, 11) is 1.81. The van der Waals surface area contributed by atoms with Gasteiger partial charge in [0.15, 0.2) is 5.82 Å². The summed E-state index contributed by atoms with van der Waals surface area (Å²) >= 11 is 1.36. The third-order valence-electron chi connectivity index (χ3n) is 3.90. The second kappa shape index (κ2) is 6.62. The van der Waals surface area contributed by atoms with Gasteiger partial charge in [0.25, 0.3) is 0 Å². The zero-order valence-electron chi connectivity index (χ0n) is 13.3. The van der Waals surface area contributed by atoms with E-state index in [0.29, 0.717) is 17.6 Å². The molecule has 1 heterocycles. The number of nitrogen functional groups attached to an aromatic ring is 1. The molecule has 7 heteroatoms. The van der Waals surface area contributed by atoms with Crippen LogP contribution in [0.1, 0.15) is 37.1 Å². The SMILES string of the molecule is C[C@H](Sc1nnc(C2CC2)n1N)C(=O)N(C)Cc1ccccc1. The van der Waals surface area contributed by atoms with E-state index in [2.05, 4.69) is 10.2 Å². The molecule has 3 rings (SSSR count). The fourth-order valence-corrected chi connectivity index (χ4v) is 3.33. The van der Waals surface area contributed by atoms with Gasteiger partial charge >= 0.3 is 0 Å². The molecule has 6 nitrogen and oxygen atoms in total. The van der Waals surface area contributed by atoms with Gasteiger partial charge in [-0.2, -0.15) is 0 Å². The number of amides is 1. The van der Waals surface area contributed by atoms with Crippen molar-refractivity contribution >= 4 is 17.7 Å². The molecule has 122 valence electrons. The average Bonchev–Trinajstić information content (AvgIpc) is 3.33. The van der Waals surface area contributed by atoms with Gasteiger partial charge in [0, 0.05) is 19.5 Å². The smallest absolute Gasteiger partial charge is 0.235 e. The van der Waals surface area contributed by atoms with E-state index < -0.39 is 0 Å². The van der Waals surface area contributed by atoms with E-state index in [4.69, 9.17) is 5.84 Å². The van der Waals surface area contributed by atoms with Crippen molar-refractivity contribution in [3.05, 3.63) is 41.7 Å². The van der Waals surface area contributed by atoms with E-state index in [0.717, 1.165) is 24.2 Å². The fourth-order valence-electron chi connectivity index (χ4n) is 2.44. The number of nitrogens with zero attached hydrogens (tertiary/aromatic N) is 4. The molecule has 1 aromatic heterocycles. The first kappa shape index (κ1) is 15.9. The van der Waals surface area contributed by atoms with Crippen molar-refractivity contribution in [2.24, 2.45) is 0 Å². The van der Waals surface area contributed by atoms with Crippen molar-refractivity contribution in [2.75, 3.05) is 12.9 Å². The lowest BCUT2D eigenvalue weighted by Gasteiger charge is -2.20. The van der Waals surface area contributed by atoms with Gasteiger partial charge in [0.2, 0.25) is 11.1 Å². The van der Waals surface area contributed by atoms with Crippen molar-refractivity contribution in [3.8, 4) is 0 Å². The maximum absolute atomic E-state index is 12.5. The molecular formula is C16H21N5OS. The molecule has 23 heavy (non-hydrogen) atoms. The summed E-state index contributed by atoms with van der Waals surface area (Å²) in [5.74, 6) is 7.35. The minimum absolute atomic E-state index is 0.0508. The largest absolute Gasteiger partial charge is 0.340 e. The number of nitrogens with two attached hydrogens (primary N) is 1. The van der Waals surface area contributed by atoms with Crippen LogP contribution >= 0.6 is 11.8 Å². The molecule has 1 aliphatic rings. The number of hydrogen-bond donors (Lipinski definition) is 1. The van der Waals surface area contributed by atoms with Crippen LogP contribution in [0.15, 0.2) is 35.5 Å². The normalized spacial score (nSPS) is 15.4. The Labute approximate surface area is 140 Å². The van der Waals surface area contributed by atoms with Crippen molar-refractivity contribution in [1.29, 1.82) is 0 Å². The van der Waals surface area contributed by atoms with E-state index in [9.17, 15) is 4.79 Å². The molecule has 0 saturated heterocycles. The molecule has 1 aliphatic carbocycles. The van der Waals surface area contributed by atoms with Crippen LogP contribution in [0.2, 0.25) is 0 Å². The minimum atomic E-state index is -0.262. The summed E-state index contributed by atoms with van der Waals surface area (Å²) in [4.78, 5) is 14.3. The van der Waals surface area contributed by atoms with Crippen LogP contribution in [0.3, 0.4) is 0 Å². The molecule has 2 N–H and O–H groups in total. The third-order valence-corrected chi connectivity index (χ3v) is 4.95. The lowest BCUT2D eigenvalue weighted by Crippen LogP contribution is -2.33. The van der Waals surface area contributed by atoms with Gasteiger partial charge in [0.1, 0.15) is 0 Å². The van der Waals surface area contributed by atoms with Crippen LogP contribution in [0.5, 0.6) is 0 Å². The molecule has 0 unspecified atom stereocenters. The lowest BCUT2D eigenvalue weighted by molar-refractivity contribution is -0.129. The first-order chi connectivity index (χ1) is 11.1. The van der Waals surface area contributed by atoms with Gasteiger partial charge in [-0.25, -0.2) is 4.68 Å². The minimum Gasteiger partial charge on any atom is -0.340 e. The summed E-state index contributed by atoms with van der Waals surface area (Å²) in [6.45, 7) is 2.47. The van der Waals surface area contributed by atoms with Crippen LogP contribution in [0, 0.1) is 0 Å². The maximum atomic E-state index is 12.5. The first-order valence-electron chi connectivity index (χ1n) is 7.72. The molecule has 1 saturated carbocycles. The second-order valence-electron chi connectivity index (χ2n) is 5.93. The summed E-state index contributed by atoms with van der Waals surface area (Å²) in [5, 5.41) is 8.60. The monoisotopic (exact) mass is 331 g/mol. The molecule has 0 spiro atoms. The molecular weight excluding hydrogens is 310 g/mol. The topological polar surface area (TPSA) is 77.0 Å². The van der Waals surface area contributed by atoms with Crippen LogP contribution in [0.4, 0.5) is 0 Å². The van der Waals surface area contributed by atoms with Crippen molar-refractivity contribution < 1.29 is 4.79 Å². The Morgan fingerprint density at radius 1 is 1.39 bits per heavy atom. The third kappa shape index (κ3) is 3.67. The Morgan fingerprint density at radius 2 is 2.09 bits per heavy atom. The number of carbonyl (C=O) groups is 1. The first-order valence-corrected chi connectivity index (χ1v) is 8.60. The quantitative estimate of drug-likeness (QED) is 0.647. The predicted octanol–water partition coefficient (Wildman–Crippen LogP) is 2.01. The number of thioether (sulfide) groups is 1. The highest BCUT2D eigenvalue weighted by Crippen LogP contribution is 2.39. The zero-order chi connectivity index (χ0) is 16.4. The number of carbonyl (C=O) groups excluding carboxylic acids is 1. The van der Waals surface area contributed by atoms with Gasteiger partial charge in [-0.3, -0.25) is 4.79 Å². The van der Waals surface area contributed by atoms with Crippen LogP contribution < -0.4 is 5.84 Å². The Hall–Kier alpha value is -2.02. The molecule has 1 atom stereocenters. The second-order valence-corrected chi connectivity index (χ2v) is 7.23. The van der Waals surface area contributed by atoms with Crippen LogP contribution in [0.25, 0.3) is 0 Å². The van der Waals surface area contributed by atoms with Crippen molar-refractivity contribution in [3.63, 3.8) is 0 Å². The summed E-state index contributed by atoms with van der Waals surface area (Å²) in [6, 6.07) is 9.94. The van der Waals surface area contributed by atoms with Gasteiger partial charge in [0.05, 0.1) is 5.25 Å². The Bertz CT molecular complexity index is 683. The number of rotatable bonds is 6. The van der Waals surface area contributed by atoms with Crippen LogP contribution in [-0.2, 0) is 11.3 Å². The van der Waals surface area contributed by atoms with Gasteiger partial charge < -0.3 is 10.7 Å². The summed E-state index contributed by atoms with van der Waals surface area (Å²) in [5.41, 5.74) is 1.11.